The van der Waals surface area contributed by atoms with Crippen molar-refractivity contribution in [1.29, 1.82) is 0 Å². The zero-order chi connectivity index (χ0) is 15.6. The van der Waals surface area contributed by atoms with Gasteiger partial charge in [0, 0.05) is 18.6 Å². The standard InChI is InChI=1S/C16H22N2O3/c1-4-14-17-12-10-11(15(20)21)6-7-13(12)18(14)16(3,5-2)8-9-19/h6-7,10,19H,4-5,8-9H2,1-3H3,(H,20,21). The Bertz CT molecular complexity index is 663. The Morgan fingerprint density at radius 1 is 1.38 bits per heavy atom. The molecular weight excluding hydrogens is 268 g/mol. The minimum absolute atomic E-state index is 0.111. The van der Waals surface area contributed by atoms with Crippen LogP contribution in [0.4, 0.5) is 0 Å². The number of carbonyl (C=O) groups is 1. The van der Waals surface area contributed by atoms with Crippen LogP contribution in [-0.2, 0) is 12.0 Å². The normalized spacial score (nSPS) is 14.3. The Balaban J connectivity index is 2.69. The number of aromatic carboxylic acids is 1. The number of aliphatic hydroxyl groups is 1. The Morgan fingerprint density at radius 2 is 2.10 bits per heavy atom. The molecule has 2 rings (SSSR count). The maximum atomic E-state index is 11.1. The number of nitrogens with zero attached hydrogens (tertiary/aromatic N) is 2. The van der Waals surface area contributed by atoms with Crippen LogP contribution in [0.5, 0.6) is 0 Å². The third-order valence-electron chi connectivity index (χ3n) is 4.24. The number of aromatic nitrogens is 2. The summed E-state index contributed by atoms with van der Waals surface area (Å²) in [5, 5.41) is 18.5. The van der Waals surface area contributed by atoms with Gasteiger partial charge in [-0.1, -0.05) is 13.8 Å². The Labute approximate surface area is 124 Å². The van der Waals surface area contributed by atoms with Gasteiger partial charge in [0.1, 0.15) is 5.82 Å². The van der Waals surface area contributed by atoms with Crippen molar-refractivity contribution < 1.29 is 15.0 Å². The number of carboxylic acid groups (broad SMARTS) is 1. The molecule has 0 bridgehead atoms. The van der Waals surface area contributed by atoms with Crippen LogP contribution in [0.2, 0.25) is 0 Å². The van der Waals surface area contributed by atoms with E-state index in [1.807, 2.05) is 13.0 Å². The molecular formula is C16H22N2O3. The molecule has 0 saturated carbocycles. The van der Waals surface area contributed by atoms with E-state index in [-0.39, 0.29) is 17.7 Å². The van der Waals surface area contributed by atoms with Crippen molar-refractivity contribution in [3.63, 3.8) is 0 Å². The van der Waals surface area contributed by atoms with Crippen LogP contribution in [0.15, 0.2) is 18.2 Å². The van der Waals surface area contributed by atoms with Crippen molar-refractivity contribution in [3.8, 4) is 0 Å². The maximum Gasteiger partial charge on any atom is 0.335 e. The molecule has 5 heteroatoms. The molecule has 0 aliphatic heterocycles. The summed E-state index contributed by atoms with van der Waals surface area (Å²) in [7, 11) is 0. The van der Waals surface area contributed by atoms with Crippen LogP contribution in [0.1, 0.15) is 49.8 Å². The molecule has 0 amide bonds. The lowest BCUT2D eigenvalue weighted by atomic mass is 9.93. The molecule has 5 nitrogen and oxygen atoms in total. The maximum absolute atomic E-state index is 11.1. The highest BCUT2D eigenvalue weighted by molar-refractivity contribution is 5.92. The zero-order valence-corrected chi connectivity index (χ0v) is 12.8. The largest absolute Gasteiger partial charge is 0.478 e. The average molecular weight is 290 g/mol. The fourth-order valence-corrected chi connectivity index (χ4v) is 2.79. The van der Waals surface area contributed by atoms with Crippen molar-refractivity contribution in [3.05, 3.63) is 29.6 Å². The molecule has 1 aromatic heterocycles. The number of hydrogen-bond acceptors (Lipinski definition) is 3. The highest BCUT2D eigenvalue weighted by Crippen LogP contribution is 2.31. The molecule has 1 atom stereocenters. The number of fused-ring (bicyclic) bond motifs is 1. The molecule has 0 saturated heterocycles. The third-order valence-corrected chi connectivity index (χ3v) is 4.24. The predicted octanol–water partition coefficient (Wildman–Crippen LogP) is 2.80. The van der Waals surface area contributed by atoms with Gasteiger partial charge < -0.3 is 14.8 Å². The van der Waals surface area contributed by atoms with Crippen molar-refractivity contribution in [2.75, 3.05) is 6.61 Å². The summed E-state index contributed by atoms with van der Waals surface area (Å²) in [5.41, 5.74) is 1.65. The summed E-state index contributed by atoms with van der Waals surface area (Å²) in [4.78, 5) is 15.7. The number of hydrogen-bond donors (Lipinski definition) is 2. The van der Waals surface area contributed by atoms with Gasteiger partial charge in [-0.25, -0.2) is 9.78 Å². The highest BCUT2D eigenvalue weighted by Gasteiger charge is 2.28. The molecule has 0 radical (unpaired) electrons. The van der Waals surface area contributed by atoms with Crippen LogP contribution < -0.4 is 0 Å². The SMILES string of the molecule is CCc1nc2cc(C(=O)O)ccc2n1C(C)(CC)CCO. The number of carboxylic acids is 1. The number of benzene rings is 1. The fourth-order valence-electron chi connectivity index (χ4n) is 2.79. The first kappa shape index (κ1) is 15.5. The average Bonchev–Trinajstić information content (AvgIpc) is 2.85. The smallest absolute Gasteiger partial charge is 0.335 e. The third kappa shape index (κ3) is 2.65. The first-order chi connectivity index (χ1) is 9.96. The van der Waals surface area contributed by atoms with E-state index >= 15 is 0 Å². The topological polar surface area (TPSA) is 75.3 Å². The summed E-state index contributed by atoms with van der Waals surface area (Å²) in [5.74, 6) is -0.0246. The molecule has 114 valence electrons. The molecule has 1 aromatic carbocycles. The Kier molecular flexibility index (Phi) is 4.32. The van der Waals surface area contributed by atoms with Gasteiger partial charge in [-0.05, 0) is 38.0 Å². The summed E-state index contributed by atoms with van der Waals surface area (Å²) in [6.07, 6.45) is 2.27. The van der Waals surface area contributed by atoms with Crippen LogP contribution in [-0.4, -0.2) is 32.3 Å². The van der Waals surface area contributed by atoms with Gasteiger partial charge in [0.2, 0.25) is 0 Å². The molecule has 2 aromatic rings. The minimum Gasteiger partial charge on any atom is -0.478 e. The van der Waals surface area contributed by atoms with Crippen LogP contribution in [0.25, 0.3) is 11.0 Å². The zero-order valence-electron chi connectivity index (χ0n) is 12.8. The van der Waals surface area contributed by atoms with Crippen molar-refractivity contribution in [2.24, 2.45) is 0 Å². The second kappa shape index (κ2) is 5.85. The fraction of sp³-hybridized carbons (Fsp3) is 0.500. The first-order valence-electron chi connectivity index (χ1n) is 7.32. The molecule has 0 aliphatic carbocycles. The lowest BCUT2D eigenvalue weighted by Gasteiger charge is -2.32. The second-order valence-corrected chi connectivity index (χ2v) is 5.55. The second-order valence-electron chi connectivity index (χ2n) is 5.55. The summed E-state index contributed by atoms with van der Waals surface area (Å²) >= 11 is 0. The molecule has 0 aliphatic rings. The number of aryl methyl sites for hydroxylation is 1. The van der Waals surface area contributed by atoms with Crippen molar-refractivity contribution in [1.82, 2.24) is 9.55 Å². The molecule has 1 unspecified atom stereocenters. The van der Waals surface area contributed by atoms with Gasteiger partial charge in [0.15, 0.2) is 0 Å². The van der Waals surface area contributed by atoms with E-state index in [0.717, 1.165) is 24.2 Å². The van der Waals surface area contributed by atoms with Gasteiger partial charge in [-0.2, -0.15) is 0 Å². The van der Waals surface area contributed by atoms with Crippen LogP contribution in [0.3, 0.4) is 0 Å². The van der Waals surface area contributed by atoms with Gasteiger partial charge in [0.05, 0.1) is 16.6 Å². The lowest BCUT2D eigenvalue weighted by molar-refractivity contribution is 0.0697. The van der Waals surface area contributed by atoms with Gasteiger partial charge >= 0.3 is 5.97 Å². The van der Waals surface area contributed by atoms with Crippen LogP contribution >= 0.6 is 0 Å². The molecule has 0 fully saturated rings. The van der Waals surface area contributed by atoms with E-state index in [9.17, 15) is 9.90 Å². The van der Waals surface area contributed by atoms with Crippen molar-refractivity contribution >= 4 is 17.0 Å². The highest BCUT2D eigenvalue weighted by atomic mass is 16.4. The monoisotopic (exact) mass is 290 g/mol. The lowest BCUT2D eigenvalue weighted by Crippen LogP contribution is -2.32. The predicted molar refractivity (Wildman–Crippen MR) is 81.7 cm³/mol. The number of imidazole rings is 1. The first-order valence-corrected chi connectivity index (χ1v) is 7.32. The van der Waals surface area contributed by atoms with E-state index in [2.05, 4.69) is 23.4 Å². The minimum atomic E-state index is -0.946. The van der Waals surface area contributed by atoms with E-state index in [4.69, 9.17) is 5.11 Å². The number of aliphatic hydroxyl groups excluding tert-OH is 1. The van der Waals surface area contributed by atoms with Gasteiger partial charge in [-0.3, -0.25) is 0 Å². The summed E-state index contributed by atoms with van der Waals surface area (Å²) in [6, 6.07) is 5.04. The van der Waals surface area contributed by atoms with E-state index < -0.39 is 5.97 Å². The van der Waals surface area contributed by atoms with Gasteiger partial charge in [-0.15, -0.1) is 0 Å². The molecule has 0 spiro atoms. The van der Waals surface area contributed by atoms with Crippen molar-refractivity contribution in [2.45, 2.75) is 45.6 Å². The molecule has 1 heterocycles. The summed E-state index contributed by atoms with van der Waals surface area (Å²) < 4.78 is 2.16. The Morgan fingerprint density at radius 3 is 2.62 bits per heavy atom. The molecule has 2 N–H and O–H groups in total. The number of rotatable bonds is 6. The van der Waals surface area contributed by atoms with Gasteiger partial charge in [0.25, 0.3) is 0 Å². The summed E-state index contributed by atoms with van der Waals surface area (Å²) in [6.45, 7) is 6.34. The molecule has 21 heavy (non-hydrogen) atoms. The van der Waals surface area contributed by atoms with E-state index in [1.165, 1.54) is 0 Å². The van der Waals surface area contributed by atoms with Crippen LogP contribution in [0, 0.1) is 0 Å². The Hall–Kier alpha value is -1.88. The van der Waals surface area contributed by atoms with E-state index in [0.29, 0.717) is 11.9 Å². The van der Waals surface area contributed by atoms with E-state index in [1.54, 1.807) is 12.1 Å². The quantitative estimate of drug-likeness (QED) is 0.857.